The predicted molar refractivity (Wildman–Crippen MR) is 182 cm³/mol. The Morgan fingerprint density at radius 2 is 0.500 bits per heavy atom. The Labute approximate surface area is 308 Å². The molecule has 0 aromatic carbocycles. The largest absolute Gasteiger partial charge is 2.00 e. The van der Waals surface area contributed by atoms with Crippen LogP contribution in [0, 0.1) is 0 Å². The van der Waals surface area contributed by atoms with Crippen molar-refractivity contribution < 1.29 is 42.1 Å². The average molecular weight is 676 g/mol. The minimum Gasteiger partial charge on any atom is -1.00 e. The first-order chi connectivity index (χ1) is 19.5. The van der Waals surface area contributed by atoms with Crippen molar-refractivity contribution in [3.8, 4) is 0 Å². The van der Waals surface area contributed by atoms with Crippen molar-refractivity contribution in [3.63, 3.8) is 0 Å². The quantitative estimate of drug-likeness (QED) is 0.0549. The molecule has 0 unspecified atom stereocenters. The maximum atomic E-state index is 10.3. The summed E-state index contributed by atoms with van der Waals surface area (Å²) in [6.45, 7) is 4.54. The van der Waals surface area contributed by atoms with Crippen LogP contribution in [0.4, 0.5) is 0 Å². The van der Waals surface area contributed by atoms with Crippen LogP contribution < -0.4 is 0 Å². The first kappa shape index (κ1) is 49.7. The molecule has 0 radical (unpaired) electrons. The van der Waals surface area contributed by atoms with Gasteiger partial charge in [0.25, 0.3) is 0 Å². The molecule has 0 saturated heterocycles. The second-order valence-corrected chi connectivity index (χ2v) is 12.2. The van der Waals surface area contributed by atoms with Crippen molar-refractivity contribution in [1.29, 1.82) is 0 Å². The van der Waals surface area contributed by atoms with Crippen molar-refractivity contribution in [3.05, 3.63) is 0 Å². The van der Waals surface area contributed by atoms with Gasteiger partial charge in [0.1, 0.15) is 0 Å². The van der Waals surface area contributed by atoms with Crippen molar-refractivity contribution in [2.45, 2.75) is 219 Å². The zero-order chi connectivity index (χ0) is 29.8. The molecule has 0 aromatic heterocycles. The van der Waals surface area contributed by atoms with E-state index in [4.69, 9.17) is 10.2 Å². The van der Waals surface area contributed by atoms with Crippen molar-refractivity contribution in [2.24, 2.45) is 0 Å². The number of aliphatic carboxylic acids is 2. The molecule has 0 aromatic rings. The second kappa shape index (κ2) is 46.2. The minimum atomic E-state index is -0.653. The van der Waals surface area contributed by atoms with Gasteiger partial charge in [-0.25, -0.2) is 0 Å². The molecule has 0 aliphatic rings. The van der Waals surface area contributed by atoms with E-state index in [9.17, 15) is 9.59 Å². The molecule has 2 N–H and O–H groups in total. The summed E-state index contributed by atoms with van der Waals surface area (Å²) in [5.41, 5.74) is 0. The fraction of sp³-hybridized carbons (Fsp3) is 0.944. The van der Waals surface area contributed by atoms with Gasteiger partial charge in [-0.3, -0.25) is 9.59 Å². The summed E-state index contributed by atoms with van der Waals surface area (Å²) in [7, 11) is 0. The summed E-state index contributed by atoms with van der Waals surface area (Å²) in [6.07, 6.45) is 40.4. The third-order valence-corrected chi connectivity index (χ3v) is 7.99. The summed E-state index contributed by atoms with van der Waals surface area (Å²) >= 11 is 0. The number of carboxylic acid groups (broad SMARTS) is 2. The molecule has 42 heavy (non-hydrogen) atoms. The van der Waals surface area contributed by atoms with Crippen LogP contribution >= 0.6 is 0 Å². The van der Waals surface area contributed by atoms with Gasteiger partial charge < -0.3 is 13.1 Å². The number of unbranched alkanes of at least 4 members (excludes halogenated alkanes) is 28. The molecular weight excluding hydrogens is 602 g/mol. The Bertz CT molecular complexity index is 473. The third kappa shape index (κ3) is 53.4. The molecule has 0 aliphatic carbocycles. The van der Waals surface area contributed by atoms with Gasteiger partial charge in [-0.15, -0.1) is 0 Å². The number of carbonyl (C=O) groups is 2. The molecule has 0 fully saturated rings. The van der Waals surface area contributed by atoms with E-state index in [1.165, 1.54) is 167 Å². The zero-order valence-electron chi connectivity index (χ0n) is 30.8. The van der Waals surface area contributed by atoms with Gasteiger partial charge in [0.2, 0.25) is 0 Å². The van der Waals surface area contributed by atoms with Crippen LogP contribution in [0.2, 0.25) is 0 Å². The maximum absolute atomic E-state index is 10.3. The van der Waals surface area contributed by atoms with Gasteiger partial charge in [-0.05, 0) is 12.8 Å². The topological polar surface area (TPSA) is 74.6 Å². The summed E-state index contributed by atoms with van der Waals surface area (Å²) in [6, 6.07) is 0. The molecule has 0 spiro atoms. The van der Waals surface area contributed by atoms with E-state index in [0.717, 1.165) is 25.7 Å². The molecule has 0 aliphatic heterocycles. The van der Waals surface area contributed by atoms with E-state index in [1.807, 2.05) is 0 Å². The zero-order valence-corrected chi connectivity index (χ0v) is 33.9. The molecular formula is C36H74CaO4Zn. The Morgan fingerprint density at radius 3 is 0.643 bits per heavy atom. The van der Waals surface area contributed by atoms with Crippen LogP contribution in [-0.4, -0.2) is 59.9 Å². The molecule has 4 nitrogen and oxygen atoms in total. The Hall–Kier alpha value is 0.823. The molecule has 0 heterocycles. The van der Waals surface area contributed by atoms with E-state index >= 15 is 0 Å². The summed E-state index contributed by atoms with van der Waals surface area (Å²) in [4.78, 5) is 20.7. The molecule has 0 amide bonds. The fourth-order valence-corrected chi connectivity index (χ4v) is 5.30. The van der Waals surface area contributed by atoms with Crippen LogP contribution in [0.25, 0.3) is 0 Å². The van der Waals surface area contributed by atoms with E-state index < -0.39 is 11.9 Å². The summed E-state index contributed by atoms with van der Waals surface area (Å²) in [5, 5.41) is 17.0. The Kier molecular flexibility index (Phi) is 54.7. The van der Waals surface area contributed by atoms with Crippen LogP contribution in [0.15, 0.2) is 0 Å². The molecule has 0 atom stereocenters. The van der Waals surface area contributed by atoms with Crippen LogP contribution in [0.1, 0.15) is 222 Å². The Morgan fingerprint density at radius 1 is 0.357 bits per heavy atom. The van der Waals surface area contributed by atoms with Crippen LogP contribution in [0.3, 0.4) is 0 Å². The maximum Gasteiger partial charge on any atom is 2.00 e. The van der Waals surface area contributed by atoms with Gasteiger partial charge in [-0.1, -0.05) is 194 Å². The van der Waals surface area contributed by atoms with Gasteiger partial charge in [0, 0.05) is 32.3 Å². The first-order valence-corrected chi connectivity index (χ1v) is 18.0. The number of hydrogen-bond donors (Lipinski definition) is 2. The van der Waals surface area contributed by atoms with Gasteiger partial charge in [0.15, 0.2) is 0 Å². The molecule has 246 valence electrons. The smallest absolute Gasteiger partial charge is 1.00 e. The Balaban J connectivity index is -0.000000150. The van der Waals surface area contributed by atoms with Crippen LogP contribution in [0.5, 0.6) is 0 Å². The predicted octanol–water partition coefficient (Wildman–Crippen LogP) is 12.5. The monoisotopic (exact) mass is 674 g/mol. The van der Waals surface area contributed by atoms with E-state index in [-0.39, 0.29) is 60.1 Å². The van der Waals surface area contributed by atoms with Crippen LogP contribution in [-0.2, 0) is 29.1 Å². The summed E-state index contributed by atoms with van der Waals surface area (Å²) < 4.78 is 0. The van der Waals surface area contributed by atoms with Gasteiger partial charge in [0.05, 0.1) is 0 Å². The third-order valence-electron chi connectivity index (χ3n) is 7.99. The second-order valence-electron chi connectivity index (χ2n) is 12.2. The molecule has 0 bridgehead atoms. The number of hydrogen-bond acceptors (Lipinski definition) is 2. The van der Waals surface area contributed by atoms with E-state index in [1.54, 1.807) is 0 Å². The van der Waals surface area contributed by atoms with E-state index in [2.05, 4.69) is 13.8 Å². The average Bonchev–Trinajstić information content (AvgIpc) is 2.93. The normalized spacial score (nSPS) is 10.3. The SMILES string of the molecule is CCCCCCCCCCCCCCCCCC(=O)O.CCCCCCCCCCCCCCCCCC(=O)O.[Ca+2].[H-].[H-].[Zn]. The van der Waals surface area contributed by atoms with E-state index in [0.29, 0.717) is 12.8 Å². The van der Waals surface area contributed by atoms with Crippen molar-refractivity contribution in [1.82, 2.24) is 0 Å². The minimum absolute atomic E-state index is 0. The van der Waals surface area contributed by atoms with Crippen molar-refractivity contribution in [2.75, 3.05) is 0 Å². The molecule has 6 heteroatoms. The molecule has 0 saturated carbocycles. The molecule has 0 rings (SSSR count). The van der Waals surface area contributed by atoms with Crippen molar-refractivity contribution >= 4 is 49.7 Å². The van der Waals surface area contributed by atoms with Gasteiger partial charge >= 0.3 is 49.7 Å². The number of carboxylic acids is 2. The first-order valence-electron chi connectivity index (χ1n) is 18.0. The summed E-state index contributed by atoms with van der Waals surface area (Å²) in [5.74, 6) is -1.31. The fourth-order valence-electron chi connectivity index (χ4n) is 5.30. The van der Waals surface area contributed by atoms with Gasteiger partial charge in [-0.2, -0.15) is 0 Å². The number of rotatable bonds is 32. The standard InChI is InChI=1S/2C18H36O2.Ca.Zn.2H/c2*1-2-3-4-5-6-7-8-9-10-11-12-13-14-15-16-17-18(19)20;;;;/h2*2-17H2,1H3,(H,19,20);;;;/q;;+2;;2*-1.